The number of hydrogen-bond acceptors (Lipinski definition) is 6. The standard InChI is InChI=1S/C38H25N5O/c1-38(2)29-21-23(15-16-25(29)26-17-18-31-32(33(26)38)28-12-5-6-14-30(28)44-31)34-41-35(43-37(42-34)36-39-19-8-20-40-36)27-13-7-10-22-9-3-4-11-24(22)27/h3-21H,1-2H3. The number of hydrogen-bond donors (Lipinski definition) is 0. The van der Waals surface area contributed by atoms with Crippen molar-refractivity contribution in [3.8, 4) is 45.6 Å². The van der Waals surface area contributed by atoms with Gasteiger partial charge in [0.25, 0.3) is 0 Å². The first-order chi connectivity index (χ1) is 21.6. The fraction of sp³-hybridized carbons (Fsp3) is 0.0789. The Hall–Kier alpha value is -5.75. The molecule has 3 heterocycles. The summed E-state index contributed by atoms with van der Waals surface area (Å²) in [7, 11) is 0. The molecule has 1 aliphatic rings. The highest BCUT2D eigenvalue weighted by molar-refractivity contribution is 6.11. The summed E-state index contributed by atoms with van der Waals surface area (Å²) in [6, 6.07) is 35.4. The molecule has 0 radical (unpaired) electrons. The average molecular weight is 568 g/mol. The summed E-state index contributed by atoms with van der Waals surface area (Å²) < 4.78 is 6.27. The molecular formula is C38H25N5O. The van der Waals surface area contributed by atoms with Gasteiger partial charge in [-0.25, -0.2) is 24.9 Å². The molecule has 208 valence electrons. The molecule has 0 saturated carbocycles. The lowest BCUT2D eigenvalue weighted by molar-refractivity contribution is 0.657. The maximum Gasteiger partial charge on any atom is 0.201 e. The summed E-state index contributed by atoms with van der Waals surface area (Å²) in [5, 5.41) is 4.53. The summed E-state index contributed by atoms with van der Waals surface area (Å²) in [5.41, 5.74) is 8.37. The van der Waals surface area contributed by atoms with Crippen LogP contribution in [-0.2, 0) is 5.41 Å². The zero-order valence-corrected chi connectivity index (χ0v) is 24.1. The van der Waals surface area contributed by atoms with Gasteiger partial charge in [0.1, 0.15) is 11.2 Å². The highest BCUT2D eigenvalue weighted by atomic mass is 16.3. The lowest BCUT2D eigenvalue weighted by Gasteiger charge is -2.22. The molecule has 0 amide bonds. The molecule has 0 bridgehead atoms. The van der Waals surface area contributed by atoms with Gasteiger partial charge in [-0.2, -0.15) is 0 Å². The predicted molar refractivity (Wildman–Crippen MR) is 174 cm³/mol. The van der Waals surface area contributed by atoms with E-state index in [0.717, 1.165) is 38.5 Å². The number of aromatic nitrogens is 5. The van der Waals surface area contributed by atoms with Crippen LogP contribution in [0.15, 0.2) is 120 Å². The molecule has 44 heavy (non-hydrogen) atoms. The molecule has 6 heteroatoms. The topological polar surface area (TPSA) is 77.6 Å². The summed E-state index contributed by atoms with van der Waals surface area (Å²) in [4.78, 5) is 23.8. The van der Waals surface area contributed by atoms with Crippen LogP contribution >= 0.6 is 0 Å². The van der Waals surface area contributed by atoms with E-state index in [1.165, 1.54) is 27.6 Å². The first-order valence-corrected chi connectivity index (χ1v) is 14.7. The Morgan fingerprint density at radius 1 is 0.545 bits per heavy atom. The second kappa shape index (κ2) is 9.12. The predicted octanol–water partition coefficient (Wildman–Crippen LogP) is 9.02. The lowest BCUT2D eigenvalue weighted by Crippen LogP contribution is -2.15. The molecular weight excluding hydrogens is 542 g/mol. The van der Waals surface area contributed by atoms with Gasteiger partial charge in [0.15, 0.2) is 17.5 Å². The molecule has 0 saturated heterocycles. The molecule has 1 aliphatic carbocycles. The van der Waals surface area contributed by atoms with Crippen molar-refractivity contribution in [2.75, 3.05) is 0 Å². The minimum atomic E-state index is -0.274. The van der Waals surface area contributed by atoms with E-state index in [0.29, 0.717) is 23.3 Å². The molecule has 0 spiro atoms. The maximum absolute atomic E-state index is 6.27. The molecule has 0 N–H and O–H groups in total. The zero-order chi connectivity index (χ0) is 29.4. The van der Waals surface area contributed by atoms with Crippen LogP contribution < -0.4 is 0 Å². The van der Waals surface area contributed by atoms with Crippen molar-refractivity contribution in [3.05, 3.63) is 127 Å². The molecule has 5 aromatic carbocycles. The van der Waals surface area contributed by atoms with Crippen LogP contribution in [-0.4, -0.2) is 24.9 Å². The lowest BCUT2D eigenvalue weighted by atomic mass is 9.80. The van der Waals surface area contributed by atoms with Gasteiger partial charge in [0.05, 0.1) is 0 Å². The number of furan rings is 1. The zero-order valence-electron chi connectivity index (χ0n) is 24.1. The van der Waals surface area contributed by atoms with E-state index in [9.17, 15) is 0 Å². The van der Waals surface area contributed by atoms with Crippen LogP contribution in [0.1, 0.15) is 25.0 Å². The Morgan fingerprint density at radius 3 is 2.16 bits per heavy atom. The van der Waals surface area contributed by atoms with E-state index in [-0.39, 0.29) is 5.41 Å². The van der Waals surface area contributed by atoms with Crippen LogP contribution in [0.4, 0.5) is 0 Å². The SMILES string of the molecule is CC1(C)c2cc(-c3nc(-c4ncccn4)nc(-c4cccc5ccccc45)n3)ccc2-c2ccc3oc4ccccc4c3c21. The third-order valence-electron chi connectivity index (χ3n) is 8.84. The van der Waals surface area contributed by atoms with Gasteiger partial charge in [-0.05, 0) is 57.3 Å². The molecule has 8 aromatic rings. The number of benzene rings is 5. The Labute approximate surface area is 253 Å². The van der Waals surface area contributed by atoms with Gasteiger partial charge in [0, 0.05) is 39.7 Å². The quantitative estimate of drug-likeness (QED) is 0.212. The van der Waals surface area contributed by atoms with Crippen LogP contribution in [0, 0.1) is 0 Å². The second-order valence-corrected chi connectivity index (χ2v) is 11.8. The summed E-state index contributed by atoms with van der Waals surface area (Å²) in [6.45, 7) is 4.58. The average Bonchev–Trinajstić information content (AvgIpc) is 3.56. The molecule has 6 nitrogen and oxygen atoms in total. The van der Waals surface area contributed by atoms with Gasteiger partial charge in [-0.1, -0.05) is 92.7 Å². The molecule has 0 atom stereocenters. The molecule has 3 aromatic heterocycles. The van der Waals surface area contributed by atoms with Crippen molar-refractivity contribution in [1.82, 2.24) is 24.9 Å². The van der Waals surface area contributed by atoms with E-state index in [1.807, 2.05) is 30.3 Å². The van der Waals surface area contributed by atoms with Gasteiger partial charge in [0.2, 0.25) is 5.82 Å². The first-order valence-electron chi connectivity index (χ1n) is 14.7. The largest absolute Gasteiger partial charge is 0.456 e. The number of nitrogens with zero attached hydrogens (tertiary/aromatic N) is 5. The highest BCUT2D eigenvalue weighted by Crippen LogP contribution is 2.53. The molecule has 9 rings (SSSR count). The summed E-state index contributed by atoms with van der Waals surface area (Å²) in [6.07, 6.45) is 3.41. The summed E-state index contributed by atoms with van der Waals surface area (Å²) in [5.74, 6) is 2.07. The van der Waals surface area contributed by atoms with Crippen molar-refractivity contribution in [2.24, 2.45) is 0 Å². The highest BCUT2D eigenvalue weighted by Gasteiger charge is 2.38. The van der Waals surface area contributed by atoms with Crippen LogP contribution in [0.3, 0.4) is 0 Å². The Balaban J connectivity index is 1.25. The minimum absolute atomic E-state index is 0.274. The van der Waals surface area contributed by atoms with Crippen molar-refractivity contribution < 1.29 is 4.42 Å². The van der Waals surface area contributed by atoms with E-state index < -0.39 is 0 Å². The Morgan fingerprint density at radius 2 is 1.27 bits per heavy atom. The minimum Gasteiger partial charge on any atom is -0.456 e. The van der Waals surface area contributed by atoms with E-state index >= 15 is 0 Å². The van der Waals surface area contributed by atoms with Crippen molar-refractivity contribution in [1.29, 1.82) is 0 Å². The first kappa shape index (κ1) is 24.8. The Kier molecular flexibility index (Phi) is 5.14. The number of fused-ring (bicyclic) bond motifs is 8. The maximum atomic E-state index is 6.27. The van der Waals surface area contributed by atoms with E-state index in [4.69, 9.17) is 19.4 Å². The molecule has 0 fully saturated rings. The van der Waals surface area contributed by atoms with Gasteiger partial charge < -0.3 is 4.42 Å². The monoisotopic (exact) mass is 567 g/mol. The smallest absolute Gasteiger partial charge is 0.201 e. The van der Waals surface area contributed by atoms with Gasteiger partial charge >= 0.3 is 0 Å². The third kappa shape index (κ3) is 3.57. The normalized spacial score (nSPS) is 13.4. The van der Waals surface area contributed by atoms with Gasteiger partial charge in [-0.15, -0.1) is 0 Å². The van der Waals surface area contributed by atoms with Crippen molar-refractivity contribution in [2.45, 2.75) is 19.3 Å². The molecule has 0 aliphatic heterocycles. The van der Waals surface area contributed by atoms with Crippen molar-refractivity contribution in [3.63, 3.8) is 0 Å². The van der Waals surface area contributed by atoms with E-state index in [2.05, 4.69) is 90.5 Å². The van der Waals surface area contributed by atoms with Gasteiger partial charge in [-0.3, -0.25) is 0 Å². The fourth-order valence-electron chi connectivity index (χ4n) is 6.82. The second-order valence-electron chi connectivity index (χ2n) is 11.8. The van der Waals surface area contributed by atoms with Crippen LogP contribution in [0.2, 0.25) is 0 Å². The fourth-order valence-corrected chi connectivity index (χ4v) is 6.82. The number of para-hydroxylation sites is 1. The third-order valence-corrected chi connectivity index (χ3v) is 8.84. The van der Waals surface area contributed by atoms with Crippen LogP contribution in [0.25, 0.3) is 78.3 Å². The van der Waals surface area contributed by atoms with Crippen molar-refractivity contribution >= 4 is 32.7 Å². The summed E-state index contributed by atoms with van der Waals surface area (Å²) >= 11 is 0. The Bertz CT molecular complexity index is 2420. The molecule has 0 unspecified atom stereocenters. The number of rotatable bonds is 3. The van der Waals surface area contributed by atoms with Crippen LogP contribution in [0.5, 0.6) is 0 Å². The van der Waals surface area contributed by atoms with E-state index in [1.54, 1.807) is 18.5 Å².